The van der Waals surface area contributed by atoms with E-state index in [9.17, 15) is 9.90 Å². The number of carbonyl (C=O) groups excluding carboxylic acids is 1. The van der Waals surface area contributed by atoms with Gasteiger partial charge in [0.2, 0.25) is 0 Å². The SMILES string of the molecule is NC(N)=NCCC[C@H](NC(=O)c1ccc(C23CCC(O)(CC2)CC3)cc1)O[B]O. The summed E-state index contributed by atoms with van der Waals surface area (Å²) >= 11 is 0. The third kappa shape index (κ3) is 5.29. The van der Waals surface area contributed by atoms with Gasteiger partial charge >= 0.3 is 7.69 Å². The van der Waals surface area contributed by atoms with E-state index in [1.165, 1.54) is 5.56 Å². The number of aliphatic imine (C=N–C) groups is 1. The van der Waals surface area contributed by atoms with E-state index < -0.39 is 11.8 Å². The van der Waals surface area contributed by atoms with Gasteiger partial charge in [-0.05, 0) is 74.5 Å². The topological polar surface area (TPSA) is 143 Å². The second-order valence-electron chi connectivity index (χ2n) is 8.23. The molecule has 8 nitrogen and oxygen atoms in total. The van der Waals surface area contributed by atoms with Crippen molar-refractivity contribution >= 4 is 19.6 Å². The van der Waals surface area contributed by atoms with E-state index in [1.54, 1.807) is 0 Å². The largest absolute Gasteiger partial charge is 0.486 e. The molecule has 0 spiro atoms. The van der Waals surface area contributed by atoms with Gasteiger partial charge in [0.25, 0.3) is 5.91 Å². The molecule has 1 aromatic rings. The van der Waals surface area contributed by atoms with Gasteiger partial charge in [-0.15, -0.1) is 0 Å². The molecule has 1 atom stereocenters. The zero-order chi connectivity index (χ0) is 20.9. The van der Waals surface area contributed by atoms with Crippen LogP contribution in [0.25, 0.3) is 0 Å². The summed E-state index contributed by atoms with van der Waals surface area (Å²) in [5.74, 6) is -0.259. The molecule has 3 aliphatic rings. The summed E-state index contributed by atoms with van der Waals surface area (Å²) in [6.07, 6.45) is 5.90. The average Bonchev–Trinajstić information content (AvgIpc) is 2.72. The highest BCUT2D eigenvalue weighted by molar-refractivity contribution is 6.16. The predicted molar refractivity (Wildman–Crippen MR) is 111 cm³/mol. The molecule has 1 radical (unpaired) electrons. The lowest BCUT2D eigenvalue weighted by Crippen LogP contribution is -2.48. The molecule has 0 heterocycles. The van der Waals surface area contributed by atoms with Crippen molar-refractivity contribution < 1.29 is 19.6 Å². The molecule has 1 amide bonds. The molecule has 0 aromatic heterocycles. The van der Waals surface area contributed by atoms with E-state index in [-0.39, 0.29) is 17.3 Å². The minimum Gasteiger partial charge on any atom is -0.429 e. The second kappa shape index (κ2) is 9.15. The molecular formula is C20H30BN4O4. The van der Waals surface area contributed by atoms with Crippen molar-refractivity contribution in [1.82, 2.24) is 5.32 Å². The quantitative estimate of drug-likeness (QED) is 0.135. The summed E-state index contributed by atoms with van der Waals surface area (Å²) < 4.78 is 5.07. The highest BCUT2D eigenvalue weighted by atomic mass is 16.5. The molecule has 0 unspecified atom stereocenters. The van der Waals surface area contributed by atoms with Crippen molar-refractivity contribution in [1.29, 1.82) is 0 Å². The van der Waals surface area contributed by atoms with Crippen LogP contribution in [0.2, 0.25) is 0 Å². The molecule has 157 valence electrons. The van der Waals surface area contributed by atoms with Crippen molar-refractivity contribution in [3.63, 3.8) is 0 Å². The molecule has 29 heavy (non-hydrogen) atoms. The van der Waals surface area contributed by atoms with Crippen molar-refractivity contribution in [3.8, 4) is 0 Å². The summed E-state index contributed by atoms with van der Waals surface area (Å²) in [6, 6.07) is 7.71. The molecule has 3 saturated carbocycles. The van der Waals surface area contributed by atoms with Crippen molar-refractivity contribution in [2.45, 2.75) is 68.6 Å². The number of nitrogens with zero attached hydrogens (tertiary/aromatic N) is 1. The smallest absolute Gasteiger partial charge is 0.429 e. The fourth-order valence-electron chi connectivity index (χ4n) is 4.54. The van der Waals surface area contributed by atoms with E-state index in [2.05, 4.69) is 10.3 Å². The van der Waals surface area contributed by atoms with Crippen LogP contribution < -0.4 is 16.8 Å². The lowest BCUT2D eigenvalue weighted by molar-refractivity contribution is -0.0660. The van der Waals surface area contributed by atoms with Crippen LogP contribution in [0.4, 0.5) is 0 Å². The number of aliphatic hydroxyl groups is 1. The number of hydrogen-bond donors (Lipinski definition) is 5. The molecule has 1 aromatic carbocycles. The van der Waals surface area contributed by atoms with Crippen molar-refractivity contribution in [2.75, 3.05) is 6.54 Å². The normalized spacial score (nSPS) is 26.6. The molecule has 3 aliphatic carbocycles. The number of nitrogens with one attached hydrogen (secondary N) is 1. The van der Waals surface area contributed by atoms with Gasteiger partial charge in [0, 0.05) is 12.1 Å². The standard InChI is InChI=1S/C20H30BN4O4/c22-18(23)24-13-1-2-16(29-21-28)25-17(26)14-3-5-15(6-4-14)19-7-10-20(27,11-8-19)12-9-19/h3-6,16,27-28H,1-2,7-13H2,(H,25,26)(H4,22,23,24)/t16-,19?,20?/m1/s1. The summed E-state index contributed by atoms with van der Waals surface area (Å²) in [7, 11) is 0.571. The zero-order valence-electron chi connectivity index (χ0n) is 16.6. The minimum atomic E-state index is -0.672. The zero-order valence-corrected chi connectivity index (χ0v) is 16.6. The van der Waals surface area contributed by atoms with Crippen LogP contribution >= 0.6 is 0 Å². The Labute approximate surface area is 172 Å². The Morgan fingerprint density at radius 2 is 1.79 bits per heavy atom. The van der Waals surface area contributed by atoms with Crippen molar-refractivity contribution in [2.24, 2.45) is 16.5 Å². The summed E-state index contributed by atoms with van der Waals surface area (Å²) in [5.41, 5.74) is 12.0. The second-order valence-corrected chi connectivity index (χ2v) is 8.23. The Balaban J connectivity index is 1.58. The lowest BCUT2D eigenvalue weighted by Gasteiger charge is -2.51. The first-order chi connectivity index (χ1) is 13.9. The number of hydrogen-bond acceptors (Lipinski definition) is 5. The van der Waals surface area contributed by atoms with E-state index in [0.29, 0.717) is 32.6 Å². The first-order valence-electron chi connectivity index (χ1n) is 10.2. The molecule has 2 bridgehead atoms. The first-order valence-corrected chi connectivity index (χ1v) is 10.2. The van der Waals surface area contributed by atoms with Gasteiger partial charge < -0.3 is 31.6 Å². The molecule has 4 rings (SSSR count). The fraction of sp³-hybridized carbons (Fsp3) is 0.600. The van der Waals surface area contributed by atoms with Crippen LogP contribution in [0, 0.1) is 0 Å². The van der Waals surface area contributed by atoms with Crippen LogP contribution in [0.5, 0.6) is 0 Å². The Hall–Kier alpha value is -2.10. The van der Waals surface area contributed by atoms with Gasteiger partial charge in [-0.3, -0.25) is 9.79 Å². The monoisotopic (exact) mass is 401 g/mol. The van der Waals surface area contributed by atoms with Crippen LogP contribution in [0.3, 0.4) is 0 Å². The summed E-state index contributed by atoms with van der Waals surface area (Å²) in [4.78, 5) is 16.5. The molecule has 9 heteroatoms. The van der Waals surface area contributed by atoms with Crippen LogP contribution in [0.15, 0.2) is 29.3 Å². The maximum Gasteiger partial charge on any atom is 0.486 e. The molecule has 0 saturated heterocycles. The number of rotatable bonds is 9. The van der Waals surface area contributed by atoms with Gasteiger partial charge in [-0.2, -0.15) is 0 Å². The Bertz CT molecular complexity index is 712. The van der Waals surface area contributed by atoms with Gasteiger partial charge in [0.1, 0.15) is 6.23 Å². The lowest BCUT2D eigenvalue weighted by atomic mass is 9.56. The number of guanidine groups is 1. The third-order valence-electron chi connectivity index (χ3n) is 6.40. The summed E-state index contributed by atoms with van der Waals surface area (Å²) in [5, 5.41) is 22.1. The maximum absolute atomic E-state index is 12.6. The number of amides is 1. The number of benzene rings is 1. The Kier molecular flexibility index (Phi) is 6.82. The van der Waals surface area contributed by atoms with Crippen molar-refractivity contribution in [3.05, 3.63) is 35.4 Å². The summed E-state index contributed by atoms with van der Waals surface area (Å²) in [6.45, 7) is 0.412. The first kappa shape index (κ1) is 21.6. The van der Waals surface area contributed by atoms with Gasteiger partial charge in [0.15, 0.2) is 5.96 Å². The van der Waals surface area contributed by atoms with Gasteiger partial charge in [-0.1, -0.05) is 12.1 Å². The van der Waals surface area contributed by atoms with E-state index in [1.807, 2.05) is 24.3 Å². The van der Waals surface area contributed by atoms with Crippen LogP contribution in [-0.4, -0.2) is 48.1 Å². The number of carbonyl (C=O) groups is 1. The maximum atomic E-state index is 12.6. The number of nitrogens with two attached hydrogens (primary N) is 2. The van der Waals surface area contributed by atoms with E-state index >= 15 is 0 Å². The molecule has 0 aliphatic heterocycles. The van der Waals surface area contributed by atoms with Crippen LogP contribution in [-0.2, 0) is 10.1 Å². The van der Waals surface area contributed by atoms with Gasteiger partial charge in [-0.25, -0.2) is 0 Å². The fourth-order valence-corrected chi connectivity index (χ4v) is 4.54. The van der Waals surface area contributed by atoms with E-state index in [0.717, 1.165) is 38.5 Å². The number of fused-ring (bicyclic) bond motifs is 3. The molecule has 3 fully saturated rings. The molecule has 7 N–H and O–H groups in total. The predicted octanol–water partition coefficient (Wildman–Crippen LogP) is 0.676. The highest BCUT2D eigenvalue weighted by Crippen LogP contribution is 2.53. The Morgan fingerprint density at radius 3 is 2.34 bits per heavy atom. The van der Waals surface area contributed by atoms with E-state index in [4.69, 9.17) is 21.1 Å². The van der Waals surface area contributed by atoms with Gasteiger partial charge in [0.05, 0.1) is 5.60 Å². The minimum absolute atomic E-state index is 0.0143. The highest BCUT2D eigenvalue weighted by Gasteiger charge is 2.48. The average molecular weight is 401 g/mol. The van der Waals surface area contributed by atoms with Crippen LogP contribution in [0.1, 0.15) is 67.3 Å². The Morgan fingerprint density at radius 1 is 1.17 bits per heavy atom. The third-order valence-corrected chi connectivity index (χ3v) is 6.40. The molecular weight excluding hydrogens is 371 g/mol.